The van der Waals surface area contributed by atoms with E-state index in [4.69, 9.17) is 9.47 Å². The van der Waals surface area contributed by atoms with Crippen molar-refractivity contribution in [3.63, 3.8) is 0 Å². The summed E-state index contributed by atoms with van der Waals surface area (Å²) in [5.74, 6) is -0.191. The van der Waals surface area contributed by atoms with E-state index in [1.165, 1.54) is 7.11 Å². The second-order valence-electron chi connectivity index (χ2n) is 3.55. The zero-order chi connectivity index (χ0) is 11.1. The second kappa shape index (κ2) is 6.76. The Morgan fingerprint density at radius 1 is 1.53 bits per heavy atom. The minimum atomic E-state index is -0.224. The minimum Gasteiger partial charge on any atom is -0.468 e. The van der Waals surface area contributed by atoms with E-state index in [2.05, 4.69) is 10.2 Å². The molecule has 0 radical (unpaired) electrons. The van der Waals surface area contributed by atoms with E-state index in [1.807, 2.05) is 6.92 Å². The number of carbonyl (C=O) groups excluding carboxylic acids is 1. The number of likely N-dealkylation sites (N-methyl/N-ethyl adjacent to an activating group) is 1. The lowest BCUT2D eigenvalue weighted by Crippen LogP contribution is -2.49. The van der Waals surface area contributed by atoms with Crippen molar-refractivity contribution in [2.24, 2.45) is 0 Å². The molecule has 88 valence electrons. The van der Waals surface area contributed by atoms with Crippen molar-refractivity contribution < 1.29 is 14.3 Å². The van der Waals surface area contributed by atoms with Crippen LogP contribution in [0, 0.1) is 0 Å². The number of hydrogen-bond acceptors (Lipinski definition) is 5. The highest BCUT2D eigenvalue weighted by molar-refractivity contribution is 5.75. The van der Waals surface area contributed by atoms with Crippen molar-refractivity contribution in [3.8, 4) is 0 Å². The van der Waals surface area contributed by atoms with Crippen LogP contribution in [0.2, 0.25) is 0 Å². The molecule has 0 aliphatic carbocycles. The lowest BCUT2D eigenvalue weighted by molar-refractivity contribution is -0.144. The van der Waals surface area contributed by atoms with E-state index in [1.54, 1.807) is 0 Å². The molecule has 5 nitrogen and oxygen atoms in total. The monoisotopic (exact) mass is 216 g/mol. The SMILES string of the molecule is CCNC(CN1CCOCC1)C(=O)OC. The molecule has 0 amide bonds. The maximum atomic E-state index is 11.4. The standard InChI is InChI=1S/C10H20N2O3/c1-3-11-9(10(13)14-2)8-12-4-6-15-7-5-12/h9,11H,3-8H2,1-2H3. The van der Waals surface area contributed by atoms with E-state index < -0.39 is 0 Å². The number of nitrogens with one attached hydrogen (secondary N) is 1. The second-order valence-corrected chi connectivity index (χ2v) is 3.55. The zero-order valence-corrected chi connectivity index (χ0v) is 9.49. The van der Waals surface area contributed by atoms with Crippen LogP contribution in [-0.2, 0) is 14.3 Å². The largest absolute Gasteiger partial charge is 0.468 e. The Labute approximate surface area is 90.7 Å². The van der Waals surface area contributed by atoms with E-state index in [0.717, 1.165) is 32.8 Å². The van der Waals surface area contributed by atoms with E-state index in [0.29, 0.717) is 6.54 Å². The first-order chi connectivity index (χ1) is 7.27. The van der Waals surface area contributed by atoms with Crippen molar-refractivity contribution in [2.75, 3.05) is 46.5 Å². The quantitative estimate of drug-likeness (QED) is 0.626. The molecule has 0 aromatic heterocycles. The van der Waals surface area contributed by atoms with Crippen LogP contribution >= 0.6 is 0 Å². The molecule has 15 heavy (non-hydrogen) atoms. The number of methoxy groups -OCH3 is 1. The molecule has 1 aliphatic heterocycles. The first-order valence-electron chi connectivity index (χ1n) is 5.39. The normalized spacial score (nSPS) is 19.9. The van der Waals surface area contributed by atoms with Gasteiger partial charge in [-0.15, -0.1) is 0 Å². The van der Waals surface area contributed by atoms with Gasteiger partial charge in [0.2, 0.25) is 0 Å². The number of esters is 1. The molecule has 0 saturated carbocycles. The minimum absolute atomic E-state index is 0.191. The van der Waals surface area contributed by atoms with Gasteiger partial charge in [0.05, 0.1) is 20.3 Å². The summed E-state index contributed by atoms with van der Waals surface area (Å²) in [7, 11) is 1.42. The molecule has 5 heteroatoms. The van der Waals surface area contributed by atoms with Crippen LogP contribution < -0.4 is 5.32 Å². The Morgan fingerprint density at radius 3 is 2.73 bits per heavy atom. The van der Waals surface area contributed by atoms with Crippen LogP contribution in [-0.4, -0.2) is 63.4 Å². The average molecular weight is 216 g/mol. The van der Waals surface area contributed by atoms with Gasteiger partial charge in [0.1, 0.15) is 6.04 Å². The summed E-state index contributed by atoms with van der Waals surface area (Å²) in [5, 5.41) is 3.12. The zero-order valence-electron chi connectivity index (χ0n) is 9.49. The summed E-state index contributed by atoms with van der Waals surface area (Å²) in [6.45, 7) is 6.72. The third kappa shape index (κ3) is 4.15. The summed E-state index contributed by atoms with van der Waals surface area (Å²) < 4.78 is 10.00. The summed E-state index contributed by atoms with van der Waals surface area (Å²) >= 11 is 0. The molecule has 1 rings (SSSR count). The maximum Gasteiger partial charge on any atom is 0.324 e. The van der Waals surface area contributed by atoms with E-state index >= 15 is 0 Å². The number of morpholine rings is 1. The Bertz CT molecular complexity index is 193. The molecule has 0 bridgehead atoms. The average Bonchev–Trinajstić information content (AvgIpc) is 2.29. The van der Waals surface area contributed by atoms with Crippen LogP contribution in [0.15, 0.2) is 0 Å². The molecule has 1 unspecified atom stereocenters. The first-order valence-corrected chi connectivity index (χ1v) is 5.39. The van der Waals surface area contributed by atoms with Gasteiger partial charge in [0, 0.05) is 19.6 Å². The molecule has 1 atom stereocenters. The summed E-state index contributed by atoms with van der Waals surface area (Å²) in [6.07, 6.45) is 0. The van der Waals surface area contributed by atoms with E-state index in [9.17, 15) is 4.79 Å². The van der Waals surface area contributed by atoms with Crippen molar-refractivity contribution in [1.29, 1.82) is 0 Å². The fourth-order valence-electron chi connectivity index (χ4n) is 1.65. The Hall–Kier alpha value is -0.650. The van der Waals surface area contributed by atoms with Crippen LogP contribution in [0.1, 0.15) is 6.92 Å². The highest BCUT2D eigenvalue weighted by atomic mass is 16.5. The molecular weight excluding hydrogens is 196 g/mol. The Kier molecular flexibility index (Phi) is 5.60. The lowest BCUT2D eigenvalue weighted by Gasteiger charge is -2.29. The number of rotatable bonds is 5. The topological polar surface area (TPSA) is 50.8 Å². The van der Waals surface area contributed by atoms with Gasteiger partial charge in [-0.3, -0.25) is 9.69 Å². The van der Waals surface area contributed by atoms with Crippen LogP contribution in [0.3, 0.4) is 0 Å². The van der Waals surface area contributed by atoms with Crippen LogP contribution in [0.4, 0.5) is 0 Å². The fourth-order valence-corrected chi connectivity index (χ4v) is 1.65. The van der Waals surface area contributed by atoms with Gasteiger partial charge in [-0.05, 0) is 6.54 Å². The van der Waals surface area contributed by atoms with Gasteiger partial charge in [-0.25, -0.2) is 0 Å². The van der Waals surface area contributed by atoms with Gasteiger partial charge in [0.15, 0.2) is 0 Å². The summed E-state index contributed by atoms with van der Waals surface area (Å²) in [4.78, 5) is 13.6. The van der Waals surface area contributed by atoms with Crippen molar-refractivity contribution in [1.82, 2.24) is 10.2 Å². The number of nitrogens with zero attached hydrogens (tertiary/aromatic N) is 1. The third-order valence-electron chi connectivity index (χ3n) is 2.48. The molecule has 1 fully saturated rings. The number of carbonyl (C=O) groups is 1. The molecule has 1 N–H and O–H groups in total. The van der Waals surface area contributed by atoms with Crippen LogP contribution in [0.5, 0.6) is 0 Å². The van der Waals surface area contributed by atoms with Gasteiger partial charge >= 0.3 is 5.97 Å². The molecule has 0 aromatic carbocycles. The smallest absolute Gasteiger partial charge is 0.324 e. The maximum absolute atomic E-state index is 11.4. The molecule has 1 aliphatic rings. The van der Waals surface area contributed by atoms with Crippen molar-refractivity contribution in [2.45, 2.75) is 13.0 Å². The molecule has 1 heterocycles. The molecule has 0 aromatic rings. The number of ether oxygens (including phenoxy) is 2. The van der Waals surface area contributed by atoms with Gasteiger partial charge < -0.3 is 14.8 Å². The predicted octanol–water partition coefficient (Wildman–Crippen LogP) is -0.530. The lowest BCUT2D eigenvalue weighted by atomic mass is 10.2. The first kappa shape index (κ1) is 12.4. The highest BCUT2D eigenvalue weighted by Crippen LogP contribution is 1.99. The fraction of sp³-hybridized carbons (Fsp3) is 0.900. The Morgan fingerprint density at radius 2 is 2.20 bits per heavy atom. The highest BCUT2D eigenvalue weighted by Gasteiger charge is 2.22. The third-order valence-corrected chi connectivity index (χ3v) is 2.48. The van der Waals surface area contributed by atoms with Gasteiger partial charge in [-0.2, -0.15) is 0 Å². The van der Waals surface area contributed by atoms with Crippen LogP contribution in [0.25, 0.3) is 0 Å². The number of hydrogen-bond donors (Lipinski definition) is 1. The summed E-state index contributed by atoms with van der Waals surface area (Å²) in [6, 6.07) is -0.224. The predicted molar refractivity (Wildman–Crippen MR) is 56.7 cm³/mol. The molecule has 1 saturated heterocycles. The van der Waals surface area contributed by atoms with Crippen molar-refractivity contribution >= 4 is 5.97 Å². The van der Waals surface area contributed by atoms with Gasteiger partial charge in [0.25, 0.3) is 0 Å². The van der Waals surface area contributed by atoms with Crippen molar-refractivity contribution in [3.05, 3.63) is 0 Å². The summed E-state index contributed by atoms with van der Waals surface area (Å²) in [5.41, 5.74) is 0. The van der Waals surface area contributed by atoms with Gasteiger partial charge in [-0.1, -0.05) is 6.92 Å². The molecular formula is C10H20N2O3. The molecule has 0 spiro atoms. The van der Waals surface area contributed by atoms with E-state index in [-0.39, 0.29) is 12.0 Å². The Balaban J connectivity index is 2.38.